The maximum absolute atomic E-state index is 10.9. The Labute approximate surface area is 113 Å². The van der Waals surface area contributed by atoms with E-state index in [9.17, 15) is 4.79 Å². The van der Waals surface area contributed by atoms with Crippen LogP contribution in [0, 0.1) is 6.92 Å². The lowest BCUT2D eigenvalue weighted by Crippen LogP contribution is -2.03. The molecule has 2 rings (SSSR count). The molecule has 0 unspecified atom stereocenters. The highest BCUT2D eigenvalue weighted by Gasteiger charge is 2.10. The van der Waals surface area contributed by atoms with Crippen molar-refractivity contribution in [1.29, 1.82) is 0 Å². The number of aromatic carboxylic acids is 1. The number of aromatic nitrogens is 2. The summed E-state index contributed by atoms with van der Waals surface area (Å²) in [4.78, 5) is 19.8. The first-order valence-corrected chi connectivity index (χ1v) is 6.27. The van der Waals surface area contributed by atoms with Gasteiger partial charge in [-0.25, -0.2) is 14.8 Å². The fourth-order valence-corrected chi connectivity index (χ4v) is 2.42. The Bertz CT molecular complexity index is 604. The third kappa shape index (κ3) is 3.00. The van der Waals surface area contributed by atoms with Gasteiger partial charge < -0.3 is 5.11 Å². The van der Waals surface area contributed by atoms with E-state index in [1.807, 2.05) is 18.2 Å². The summed E-state index contributed by atoms with van der Waals surface area (Å²) in [5.41, 5.74) is 0.592. The summed E-state index contributed by atoms with van der Waals surface area (Å²) in [7, 11) is 0. The van der Waals surface area contributed by atoms with Crippen molar-refractivity contribution in [3.05, 3.63) is 46.7 Å². The van der Waals surface area contributed by atoms with Crippen LogP contribution in [0.4, 0.5) is 0 Å². The van der Waals surface area contributed by atoms with Gasteiger partial charge in [0.05, 0.1) is 5.02 Å². The smallest absolute Gasteiger partial charge is 0.354 e. The first kappa shape index (κ1) is 12.9. The Morgan fingerprint density at radius 1 is 1.33 bits per heavy atom. The minimum Gasteiger partial charge on any atom is -0.477 e. The Morgan fingerprint density at radius 3 is 2.72 bits per heavy atom. The first-order chi connectivity index (χ1) is 8.56. The van der Waals surface area contributed by atoms with Crippen molar-refractivity contribution in [2.24, 2.45) is 0 Å². The quantitative estimate of drug-likeness (QED) is 0.874. The Kier molecular flexibility index (Phi) is 3.84. The normalized spacial score (nSPS) is 10.3. The van der Waals surface area contributed by atoms with E-state index in [1.165, 1.54) is 17.8 Å². The van der Waals surface area contributed by atoms with E-state index in [0.717, 1.165) is 4.90 Å². The number of benzene rings is 1. The van der Waals surface area contributed by atoms with Crippen molar-refractivity contribution in [1.82, 2.24) is 9.97 Å². The number of hydrogen-bond acceptors (Lipinski definition) is 4. The van der Waals surface area contributed by atoms with Crippen molar-refractivity contribution >= 4 is 29.3 Å². The zero-order valence-corrected chi connectivity index (χ0v) is 11.0. The largest absolute Gasteiger partial charge is 0.477 e. The molecule has 6 heteroatoms. The van der Waals surface area contributed by atoms with Gasteiger partial charge in [-0.15, -0.1) is 0 Å². The monoisotopic (exact) mass is 280 g/mol. The van der Waals surface area contributed by atoms with Gasteiger partial charge in [-0.2, -0.15) is 0 Å². The van der Waals surface area contributed by atoms with Crippen molar-refractivity contribution < 1.29 is 9.90 Å². The number of halogens is 1. The van der Waals surface area contributed by atoms with Crippen molar-refractivity contribution in [2.45, 2.75) is 17.0 Å². The summed E-state index contributed by atoms with van der Waals surface area (Å²) in [5, 5.41) is 9.89. The molecular formula is C12H9ClN2O2S. The number of carboxylic acid groups (broad SMARTS) is 1. The highest BCUT2D eigenvalue weighted by atomic mass is 35.5. The second-order valence-electron chi connectivity index (χ2n) is 3.51. The molecule has 0 atom stereocenters. The Morgan fingerprint density at radius 2 is 2.06 bits per heavy atom. The van der Waals surface area contributed by atoms with Crippen LogP contribution < -0.4 is 0 Å². The van der Waals surface area contributed by atoms with Crippen LogP contribution in [0.2, 0.25) is 5.02 Å². The van der Waals surface area contributed by atoms with E-state index in [0.29, 0.717) is 15.9 Å². The maximum Gasteiger partial charge on any atom is 0.354 e. The van der Waals surface area contributed by atoms with Gasteiger partial charge in [0, 0.05) is 10.6 Å². The molecule has 0 fully saturated rings. The molecule has 2 aromatic rings. The van der Waals surface area contributed by atoms with Crippen LogP contribution in [0.3, 0.4) is 0 Å². The number of rotatable bonds is 3. The standard InChI is InChI=1S/C12H9ClN2O2S/c1-7-6-9(11(16)17)15-12(14-7)18-10-5-3-2-4-8(10)13/h2-6H,1H3,(H,16,17). The predicted octanol–water partition coefficient (Wildman–Crippen LogP) is 3.29. The van der Waals surface area contributed by atoms with Crippen LogP contribution in [0.5, 0.6) is 0 Å². The Hall–Kier alpha value is -1.59. The number of aryl methyl sites for hydroxylation is 1. The molecule has 1 N–H and O–H groups in total. The molecule has 0 radical (unpaired) electrons. The highest BCUT2D eigenvalue weighted by Crippen LogP contribution is 2.31. The molecule has 0 spiro atoms. The van der Waals surface area contributed by atoms with Gasteiger partial charge in [0.1, 0.15) is 0 Å². The van der Waals surface area contributed by atoms with Gasteiger partial charge in [0.2, 0.25) is 0 Å². The van der Waals surface area contributed by atoms with E-state index in [2.05, 4.69) is 9.97 Å². The van der Waals surface area contributed by atoms with Crippen LogP contribution in [0.25, 0.3) is 0 Å². The first-order valence-electron chi connectivity index (χ1n) is 5.07. The summed E-state index contributed by atoms with van der Waals surface area (Å²) in [5.74, 6) is -1.07. The van der Waals surface area contributed by atoms with Crippen LogP contribution in [-0.4, -0.2) is 21.0 Å². The molecule has 0 aliphatic carbocycles. The molecule has 18 heavy (non-hydrogen) atoms. The van der Waals surface area contributed by atoms with Gasteiger partial charge in [0.15, 0.2) is 10.9 Å². The second kappa shape index (κ2) is 5.37. The van der Waals surface area contributed by atoms with E-state index in [-0.39, 0.29) is 5.69 Å². The van der Waals surface area contributed by atoms with Crippen molar-refractivity contribution in [3.63, 3.8) is 0 Å². The molecule has 0 aliphatic rings. The zero-order valence-electron chi connectivity index (χ0n) is 9.42. The number of nitrogens with zero attached hydrogens (tertiary/aromatic N) is 2. The van der Waals surface area contributed by atoms with Crippen molar-refractivity contribution in [3.8, 4) is 0 Å². The molecular weight excluding hydrogens is 272 g/mol. The molecule has 0 amide bonds. The van der Waals surface area contributed by atoms with Gasteiger partial charge in [-0.05, 0) is 36.9 Å². The summed E-state index contributed by atoms with van der Waals surface area (Å²) in [6.45, 7) is 1.73. The lowest BCUT2D eigenvalue weighted by molar-refractivity contribution is 0.0689. The number of hydrogen-bond donors (Lipinski definition) is 1. The van der Waals surface area contributed by atoms with Crippen LogP contribution in [-0.2, 0) is 0 Å². The second-order valence-corrected chi connectivity index (χ2v) is 4.93. The lowest BCUT2D eigenvalue weighted by atomic mass is 10.3. The van der Waals surface area contributed by atoms with Crippen LogP contribution >= 0.6 is 23.4 Å². The average molecular weight is 281 g/mol. The van der Waals surface area contributed by atoms with Gasteiger partial charge in [-0.3, -0.25) is 0 Å². The maximum atomic E-state index is 10.9. The summed E-state index contributed by atoms with van der Waals surface area (Å²) in [6, 6.07) is 8.70. The molecule has 92 valence electrons. The lowest BCUT2D eigenvalue weighted by Gasteiger charge is -2.04. The zero-order chi connectivity index (χ0) is 13.1. The summed E-state index contributed by atoms with van der Waals surface area (Å²) < 4.78 is 0. The summed E-state index contributed by atoms with van der Waals surface area (Å²) >= 11 is 7.27. The third-order valence-corrected chi connectivity index (χ3v) is 3.47. The minimum absolute atomic E-state index is 0.0166. The molecule has 1 aromatic carbocycles. The SMILES string of the molecule is Cc1cc(C(=O)O)nc(Sc2ccccc2Cl)n1. The molecule has 0 saturated carbocycles. The van der Waals surface area contributed by atoms with Crippen LogP contribution in [0.15, 0.2) is 40.4 Å². The predicted molar refractivity (Wildman–Crippen MR) is 69.3 cm³/mol. The summed E-state index contributed by atoms with van der Waals surface area (Å²) in [6.07, 6.45) is 0. The van der Waals surface area contributed by atoms with E-state index >= 15 is 0 Å². The van der Waals surface area contributed by atoms with Crippen molar-refractivity contribution in [2.75, 3.05) is 0 Å². The van der Waals surface area contributed by atoms with Gasteiger partial charge in [0.25, 0.3) is 0 Å². The number of carbonyl (C=O) groups is 1. The highest BCUT2D eigenvalue weighted by molar-refractivity contribution is 7.99. The minimum atomic E-state index is -1.07. The van der Waals surface area contributed by atoms with Gasteiger partial charge in [-0.1, -0.05) is 23.7 Å². The third-order valence-electron chi connectivity index (χ3n) is 2.09. The fraction of sp³-hybridized carbons (Fsp3) is 0.0833. The molecule has 4 nitrogen and oxygen atoms in total. The van der Waals surface area contributed by atoms with Gasteiger partial charge >= 0.3 is 5.97 Å². The van der Waals surface area contributed by atoms with Crippen LogP contribution in [0.1, 0.15) is 16.2 Å². The van der Waals surface area contributed by atoms with E-state index < -0.39 is 5.97 Å². The van der Waals surface area contributed by atoms with E-state index in [1.54, 1.807) is 13.0 Å². The number of carboxylic acids is 1. The molecule has 0 saturated heterocycles. The molecule has 0 aliphatic heterocycles. The topological polar surface area (TPSA) is 63.1 Å². The fourth-order valence-electron chi connectivity index (χ4n) is 1.32. The molecule has 1 aromatic heterocycles. The average Bonchev–Trinajstić information content (AvgIpc) is 2.31. The molecule has 1 heterocycles. The Balaban J connectivity index is 2.35. The van der Waals surface area contributed by atoms with E-state index in [4.69, 9.17) is 16.7 Å². The molecule has 0 bridgehead atoms.